The predicted octanol–water partition coefficient (Wildman–Crippen LogP) is 1.39. The number of nitro benzene ring substituents is 1. The number of benzene rings is 1. The zero-order chi connectivity index (χ0) is 25.6. The van der Waals surface area contributed by atoms with Crippen LogP contribution in [0.1, 0.15) is 44.0 Å². The summed E-state index contributed by atoms with van der Waals surface area (Å²) in [6.45, 7) is 6.19. The van der Waals surface area contributed by atoms with Gasteiger partial charge in [0.25, 0.3) is 11.5 Å². The van der Waals surface area contributed by atoms with E-state index in [0.717, 1.165) is 43.7 Å². The van der Waals surface area contributed by atoms with Gasteiger partial charge in [-0.1, -0.05) is 20.3 Å². The van der Waals surface area contributed by atoms with Gasteiger partial charge in [-0.15, -0.1) is 0 Å². The molecule has 1 N–H and O–H groups in total. The Hall–Kier alpha value is -3.76. The van der Waals surface area contributed by atoms with Crippen molar-refractivity contribution in [2.45, 2.75) is 45.7 Å². The van der Waals surface area contributed by atoms with Crippen LogP contribution < -0.4 is 5.32 Å². The number of nitrogens with one attached hydrogen (secondary N) is 1. The summed E-state index contributed by atoms with van der Waals surface area (Å²) in [5.41, 5.74) is 7.83. The minimum absolute atomic E-state index is 0.174. The number of amides is 1. The summed E-state index contributed by atoms with van der Waals surface area (Å²) in [5, 5.41) is 13.4. The Morgan fingerprint density at radius 1 is 1.26 bits per heavy atom. The number of ketones is 1. The number of rotatable bonds is 11. The molecule has 4 atom stereocenters. The molecule has 34 heavy (non-hydrogen) atoms. The standard InChI is InChI=1S/C22H27N5O7/c1-5-6-11-26(4)13(3)16-17(24-20(16)29)12(2)19(28)18(25-23)22(31)34-21(30)14-7-9-15(10-8-14)27(32)33/h7-10,12-13,16-17H,5-6,11H2,1-4H3,(H,24,29)/t12-,13-,16-,17-/m1/s1. The number of nitrogens with zero attached hydrogens (tertiary/aromatic N) is 4. The van der Waals surface area contributed by atoms with E-state index in [1.54, 1.807) is 0 Å². The van der Waals surface area contributed by atoms with E-state index in [1.165, 1.54) is 6.92 Å². The van der Waals surface area contributed by atoms with Gasteiger partial charge in [0, 0.05) is 24.1 Å². The predicted molar refractivity (Wildman–Crippen MR) is 119 cm³/mol. The normalized spacial score (nSPS) is 18.7. The number of unbranched alkanes of at least 4 members (excludes halogenated alkanes) is 1. The van der Waals surface area contributed by atoms with E-state index >= 15 is 0 Å². The van der Waals surface area contributed by atoms with Gasteiger partial charge < -0.3 is 20.5 Å². The van der Waals surface area contributed by atoms with Crippen LogP contribution in [-0.2, 0) is 19.1 Å². The largest absolute Gasteiger partial charge is 0.442 e. The summed E-state index contributed by atoms with van der Waals surface area (Å²) < 4.78 is 4.62. The average molecular weight is 473 g/mol. The molecule has 182 valence electrons. The number of nitro groups is 1. The van der Waals surface area contributed by atoms with Crippen molar-refractivity contribution in [1.82, 2.24) is 10.2 Å². The molecule has 2 rings (SSSR count). The number of hydrogen-bond donors (Lipinski definition) is 1. The number of β-lactam (4-membered cyclic amide) rings is 1. The third-order valence-corrected chi connectivity index (χ3v) is 6.06. The molecule has 0 unspecified atom stereocenters. The quantitative estimate of drug-likeness (QED) is 0.0733. The number of Topliss-reactive ketones (excluding diaryl/α,β-unsaturated/α-hetero) is 1. The highest BCUT2D eigenvalue weighted by Crippen LogP contribution is 2.29. The Balaban J connectivity index is 2.08. The summed E-state index contributed by atoms with van der Waals surface area (Å²) in [6, 6.07) is 3.48. The van der Waals surface area contributed by atoms with Crippen LogP contribution in [-0.4, -0.2) is 69.6 Å². The fourth-order valence-electron chi connectivity index (χ4n) is 3.74. The summed E-state index contributed by atoms with van der Waals surface area (Å²) in [4.78, 5) is 64.4. The molecule has 1 aromatic rings. The molecular weight excluding hydrogens is 446 g/mol. The second-order valence-corrected chi connectivity index (χ2v) is 8.22. The molecule has 0 radical (unpaired) electrons. The van der Waals surface area contributed by atoms with Crippen LogP contribution in [0, 0.1) is 22.0 Å². The van der Waals surface area contributed by atoms with Crippen LogP contribution in [0.3, 0.4) is 0 Å². The Bertz CT molecular complexity index is 1030. The monoisotopic (exact) mass is 473 g/mol. The smallest absolute Gasteiger partial charge is 0.380 e. The summed E-state index contributed by atoms with van der Waals surface area (Å²) in [7, 11) is 1.89. The highest BCUT2D eigenvalue weighted by molar-refractivity contribution is 6.63. The maximum Gasteiger partial charge on any atom is 0.442 e. The van der Waals surface area contributed by atoms with Crippen LogP contribution in [0.5, 0.6) is 0 Å². The minimum Gasteiger partial charge on any atom is -0.380 e. The number of esters is 2. The third kappa shape index (κ3) is 5.77. The van der Waals surface area contributed by atoms with E-state index < -0.39 is 46.2 Å². The van der Waals surface area contributed by atoms with Gasteiger partial charge in [-0.05, 0) is 39.1 Å². The molecule has 12 heteroatoms. The first-order chi connectivity index (χ1) is 16.0. The number of carbonyl (C=O) groups is 4. The molecule has 1 aliphatic heterocycles. The van der Waals surface area contributed by atoms with Gasteiger partial charge >= 0.3 is 17.7 Å². The van der Waals surface area contributed by atoms with Crippen molar-refractivity contribution in [3.63, 3.8) is 0 Å². The number of hydrogen-bond acceptors (Lipinski definition) is 8. The molecule has 1 heterocycles. The van der Waals surface area contributed by atoms with Gasteiger partial charge in [-0.3, -0.25) is 19.7 Å². The van der Waals surface area contributed by atoms with E-state index in [4.69, 9.17) is 0 Å². The maximum atomic E-state index is 12.9. The van der Waals surface area contributed by atoms with Gasteiger partial charge in [0.15, 0.2) is 0 Å². The fraction of sp³-hybridized carbons (Fsp3) is 0.500. The van der Waals surface area contributed by atoms with Crippen LogP contribution in [0.2, 0.25) is 0 Å². The lowest BCUT2D eigenvalue weighted by molar-refractivity contribution is -0.384. The van der Waals surface area contributed by atoms with Crippen molar-refractivity contribution in [3.05, 3.63) is 45.5 Å². The lowest BCUT2D eigenvalue weighted by Crippen LogP contribution is -2.68. The molecule has 1 aliphatic rings. The van der Waals surface area contributed by atoms with E-state index in [0.29, 0.717) is 0 Å². The van der Waals surface area contributed by atoms with Crippen molar-refractivity contribution in [2.24, 2.45) is 11.8 Å². The molecule has 12 nitrogen and oxygen atoms in total. The van der Waals surface area contributed by atoms with E-state index in [2.05, 4.69) is 21.8 Å². The maximum absolute atomic E-state index is 12.9. The van der Waals surface area contributed by atoms with Crippen molar-refractivity contribution >= 4 is 35.0 Å². The Morgan fingerprint density at radius 3 is 2.38 bits per heavy atom. The molecule has 0 saturated carbocycles. The van der Waals surface area contributed by atoms with Crippen molar-refractivity contribution in [1.29, 1.82) is 0 Å². The molecule has 1 saturated heterocycles. The Labute approximate surface area is 196 Å². The van der Waals surface area contributed by atoms with Crippen LogP contribution in [0.15, 0.2) is 24.3 Å². The zero-order valence-electron chi connectivity index (χ0n) is 19.4. The highest BCUT2D eigenvalue weighted by atomic mass is 16.6. The first kappa shape index (κ1) is 26.5. The summed E-state index contributed by atoms with van der Waals surface area (Å²) in [6.07, 6.45) is 1.94. The molecule has 0 bridgehead atoms. The van der Waals surface area contributed by atoms with Gasteiger partial charge in [-0.25, -0.2) is 9.59 Å². The Kier molecular flexibility index (Phi) is 8.88. The molecule has 1 amide bonds. The van der Waals surface area contributed by atoms with Crippen LogP contribution >= 0.6 is 0 Å². The summed E-state index contributed by atoms with van der Waals surface area (Å²) >= 11 is 0. The highest BCUT2D eigenvalue weighted by Gasteiger charge is 2.51. The third-order valence-electron chi connectivity index (χ3n) is 6.06. The fourth-order valence-corrected chi connectivity index (χ4v) is 3.74. The van der Waals surface area contributed by atoms with Crippen LogP contribution in [0.25, 0.3) is 5.53 Å². The molecular formula is C22H27N5O7. The van der Waals surface area contributed by atoms with Gasteiger partial charge in [0.1, 0.15) is 0 Å². The second kappa shape index (κ2) is 11.4. The average Bonchev–Trinajstić information content (AvgIpc) is 2.80. The van der Waals surface area contributed by atoms with E-state index in [9.17, 15) is 34.8 Å². The molecule has 1 fully saturated rings. The van der Waals surface area contributed by atoms with Crippen molar-refractivity contribution < 1.29 is 33.6 Å². The van der Waals surface area contributed by atoms with E-state index in [-0.39, 0.29) is 23.2 Å². The lowest BCUT2D eigenvalue weighted by Gasteiger charge is -2.45. The number of ether oxygens (including phenoxy) is 1. The van der Waals surface area contributed by atoms with Gasteiger partial charge in [-0.2, -0.15) is 4.79 Å². The minimum atomic E-state index is -1.47. The molecule has 0 aromatic heterocycles. The second-order valence-electron chi connectivity index (χ2n) is 8.22. The lowest BCUT2D eigenvalue weighted by atomic mass is 9.75. The number of non-ortho nitro benzene ring substituents is 1. The SMILES string of the molecule is CCCCN(C)[C@H](C)[C@H]1C(=O)N[C@@H]1[C@@H](C)C(=O)C(=[N+]=[N-])C(=O)OC(=O)c1ccc([N+](=O)[O-])cc1. The van der Waals surface area contributed by atoms with Crippen LogP contribution in [0.4, 0.5) is 5.69 Å². The molecule has 0 aliphatic carbocycles. The van der Waals surface area contributed by atoms with Gasteiger partial charge in [0.2, 0.25) is 5.91 Å². The molecule has 1 aromatic carbocycles. The topological polar surface area (TPSA) is 172 Å². The number of carbonyl (C=O) groups excluding carboxylic acids is 4. The molecule has 0 spiro atoms. The van der Waals surface area contributed by atoms with E-state index in [1.807, 2.05) is 18.9 Å². The first-order valence-electron chi connectivity index (χ1n) is 10.8. The van der Waals surface area contributed by atoms with Crippen molar-refractivity contribution in [3.8, 4) is 0 Å². The Morgan fingerprint density at radius 2 is 1.88 bits per heavy atom. The zero-order valence-corrected chi connectivity index (χ0v) is 19.4. The first-order valence-corrected chi connectivity index (χ1v) is 10.8. The van der Waals surface area contributed by atoms with Crippen molar-refractivity contribution in [2.75, 3.05) is 13.6 Å². The summed E-state index contributed by atoms with van der Waals surface area (Å²) in [5.74, 6) is -5.22. The van der Waals surface area contributed by atoms with Gasteiger partial charge in [0.05, 0.1) is 22.4 Å².